The fourth-order valence-corrected chi connectivity index (χ4v) is 5.70. The molecule has 0 saturated carbocycles. The average molecular weight is 468 g/mol. The molecular formula is C26H33N3O3S. The van der Waals surface area contributed by atoms with E-state index in [-0.39, 0.29) is 16.8 Å². The fourth-order valence-electron chi connectivity index (χ4n) is 4.74. The van der Waals surface area contributed by atoms with Gasteiger partial charge in [-0.15, -0.1) is 0 Å². The third-order valence-corrected chi connectivity index (χ3v) is 8.46. The smallest absolute Gasteiger partial charge is 0.242 e. The second kappa shape index (κ2) is 10.2. The van der Waals surface area contributed by atoms with Gasteiger partial charge < -0.3 is 9.80 Å². The zero-order valence-electron chi connectivity index (χ0n) is 19.4. The van der Waals surface area contributed by atoms with Crippen LogP contribution in [0.2, 0.25) is 0 Å². The van der Waals surface area contributed by atoms with E-state index in [1.54, 1.807) is 18.2 Å². The predicted octanol–water partition coefficient (Wildman–Crippen LogP) is 3.65. The van der Waals surface area contributed by atoms with Crippen molar-refractivity contribution >= 4 is 15.9 Å². The molecule has 0 aromatic heterocycles. The lowest BCUT2D eigenvalue weighted by molar-refractivity contribution is -0.134. The molecule has 7 heteroatoms. The first kappa shape index (κ1) is 23.7. The third-order valence-electron chi connectivity index (χ3n) is 6.65. The minimum Gasteiger partial charge on any atom is -0.330 e. The van der Waals surface area contributed by atoms with Crippen LogP contribution in [-0.2, 0) is 14.8 Å². The summed E-state index contributed by atoms with van der Waals surface area (Å²) >= 11 is 0. The summed E-state index contributed by atoms with van der Waals surface area (Å²) in [7, 11) is -0.530. The molecule has 2 atom stereocenters. The van der Waals surface area contributed by atoms with Crippen molar-refractivity contribution < 1.29 is 13.2 Å². The van der Waals surface area contributed by atoms with Crippen molar-refractivity contribution in [1.29, 1.82) is 0 Å². The van der Waals surface area contributed by atoms with E-state index in [0.717, 1.165) is 30.8 Å². The zero-order chi connectivity index (χ0) is 23.4. The number of carbonyl (C=O) groups excluding carboxylic acids is 1. The zero-order valence-corrected chi connectivity index (χ0v) is 20.2. The molecule has 4 rings (SSSR count). The van der Waals surface area contributed by atoms with Gasteiger partial charge >= 0.3 is 0 Å². The SMILES string of the molecule is CN(C)S(=O)(=O)c1cccc(C2CC=CCN([C@H](CN3CCCC3)c3ccccc3)C2=O)c1. The summed E-state index contributed by atoms with van der Waals surface area (Å²) in [4.78, 5) is 18.6. The highest BCUT2D eigenvalue weighted by molar-refractivity contribution is 7.89. The van der Waals surface area contributed by atoms with Crippen LogP contribution < -0.4 is 0 Å². The van der Waals surface area contributed by atoms with Gasteiger partial charge in [0.15, 0.2) is 0 Å². The maximum atomic E-state index is 13.9. The molecule has 2 aliphatic heterocycles. The van der Waals surface area contributed by atoms with E-state index < -0.39 is 15.9 Å². The standard InChI is InChI=1S/C26H33N3O3S/c1-27(2)33(31,32)23-14-10-13-22(19-23)24-15-6-7-18-29(26(24)30)25(20-28-16-8-9-17-28)21-11-4-3-5-12-21/h3-7,10-14,19,24-25H,8-9,15-18,20H2,1-2H3/t24?,25-/m1/s1. The van der Waals surface area contributed by atoms with Crippen LogP contribution in [0.5, 0.6) is 0 Å². The molecular weight excluding hydrogens is 434 g/mol. The molecule has 176 valence electrons. The van der Waals surface area contributed by atoms with Gasteiger partial charge in [0.25, 0.3) is 0 Å². The van der Waals surface area contributed by atoms with Gasteiger partial charge in [0, 0.05) is 27.2 Å². The summed E-state index contributed by atoms with van der Waals surface area (Å²) in [6, 6.07) is 17.1. The molecule has 0 bridgehead atoms. The van der Waals surface area contributed by atoms with E-state index in [9.17, 15) is 13.2 Å². The number of likely N-dealkylation sites (tertiary alicyclic amines) is 1. The minimum atomic E-state index is -3.57. The largest absolute Gasteiger partial charge is 0.330 e. The summed E-state index contributed by atoms with van der Waals surface area (Å²) in [5.74, 6) is -0.363. The van der Waals surface area contributed by atoms with Gasteiger partial charge in [-0.2, -0.15) is 0 Å². The molecule has 1 amide bonds. The molecule has 0 N–H and O–H groups in total. The Morgan fingerprint density at radius 1 is 1.00 bits per heavy atom. The molecule has 2 aliphatic rings. The molecule has 0 aliphatic carbocycles. The van der Waals surface area contributed by atoms with Crippen molar-refractivity contribution in [3.63, 3.8) is 0 Å². The summed E-state index contributed by atoms with van der Waals surface area (Å²) in [5.41, 5.74) is 1.88. The van der Waals surface area contributed by atoms with Crippen LogP contribution in [0.1, 0.15) is 42.3 Å². The number of hydrogen-bond donors (Lipinski definition) is 0. The van der Waals surface area contributed by atoms with Crippen molar-refractivity contribution in [3.05, 3.63) is 77.9 Å². The van der Waals surface area contributed by atoms with Crippen molar-refractivity contribution in [3.8, 4) is 0 Å². The first-order valence-electron chi connectivity index (χ1n) is 11.6. The molecule has 2 heterocycles. The molecule has 33 heavy (non-hydrogen) atoms. The molecule has 2 aromatic rings. The number of allylic oxidation sites excluding steroid dienone is 1. The molecule has 1 unspecified atom stereocenters. The molecule has 1 saturated heterocycles. The van der Waals surface area contributed by atoms with Crippen LogP contribution in [0, 0.1) is 0 Å². The van der Waals surface area contributed by atoms with Gasteiger partial charge in [-0.1, -0.05) is 54.6 Å². The normalized spacial score (nSPS) is 20.9. The Morgan fingerprint density at radius 3 is 2.42 bits per heavy atom. The number of rotatable bonds is 7. The van der Waals surface area contributed by atoms with Crippen molar-refractivity contribution in [2.75, 3.05) is 40.3 Å². The maximum absolute atomic E-state index is 13.9. The van der Waals surface area contributed by atoms with E-state index in [1.807, 2.05) is 35.2 Å². The predicted molar refractivity (Wildman–Crippen MR) is 130 cm³/mol. The van der Waals surface area contributed by atoms with E-state index in [2.05, 4.69) is 23.1 Å². The molecule has 2 aromatic carbocycles. The van der Waals surface area contributed by atoms with Crippen molar-refractivity contribution in [1.82, 2.24) is 14.1 Å². The van der Waals surface area contributed by atoms with E-state index in [1.165, 1.54) is 31.2 Å². The lowest BCUT2D eigenvalue weighted by Gasteiger charge is -2.35. The maximum Gasteiger partial charge on any atom is 0.242 e. The average Bonchev–Trinajstić information content (AvgIpc) is 3.26. The number of benzene rings is 2. The first-order chi connectivity index (χ1) is 15.9. The van der Waals surface area contributed by atoms with Gasteiger partial charge in [0.1, 0.15) is 0 Å². The number of hydrogen-bond acceptors (Lipinski definition) is 4. The third kappa shape index (κ3) is 5.21. The highest BCUT2D eigenvalue weighted by atomic mass is 32.2. The first-order valence-corrected chi connectivity index (χ1v) is 13.1. The van der Waals surface area contributed by atoms with Gasteiger partial charge in [0.05, 0.1) is 16.9 Å². The monoisotopic (exact) mass is 467 g/mol. The van der Waals surface area contributed by atoms with Gasteiger partial charge in [0.2, 0.25) is 15.9 Å². The summed E-state index contributed by atoms with van der Waals surface area (Å²) < 4.78 is 26.6. The number of sulfonamides is 1. The van der Waals surface area contributed by atoms with Crippen LogP contribution in [0.15, 0.2) is 71.6 Å². The molecule has 6 nitrogen and oxygen atoms in total. The Bertz CT molecular complexity index is 1090. The van der Waals surface area contributed by atoms with Gasteiger partial charge in [-0.05, 0) is 55.6 Å². The van der Waals surface area contributed by atoms with E-state index >= 15 is 0 Å². The van der Waals surface area contributed by atoms with Crippen LogP contribution in [0.3, 0.4) is 0 Å². The number of amides is 1. The Hall–Kier alpha value is -2.48. The van der Waals surface area contributed by atoms with Crippen LogP contribution >= 0.6 is 0 Å². The van der Waals surface area contributed by atoms with Crippen LogP contribution in [0.4, 0.5) is 0 Å². The Morgan fingerprint density at radius 2 is 1.73 bits per heavy atom. The fraction of sp³-hybridized carbons (Fsp3) is 0.423. The molecule has 1 fully saturated rings. The lowest BCUT2D eigenvalue weighted by Crippen LogP contribution is -2.42. The second-order valence-corrected chi connectivity index (χ2v) is 11.2. The topological polar surface area (TPSA) is 60.9 Å². The van der Waals surface area contributed by atoms with Gasteiger partial charge in [-0.25, -0.2) is 12.7 Å². The lowest BCUT2D eigenvalue weighted by atomic mass is 9.93. The van der Waals surface area contributed by atoms with Crippen LogP contribution in [-0.4, -0.2) is 68.7 Å². The highest BCUT2D eigenvalue weighted by Gasteiger charge is 2.34. The summed E-state index contributed by atoms with van der Waals surface area (Å²) in [6.07, 6.45) is 7.08. The Labute approximate surface area is 197 Å². The van der Waals surface area contributed by atoms with Crippen molar-refractivity contribution in [2.45, 2.75) is 36.1 Å². The number of nitrogens with zero attached hydrogens (tertiary/aromatic N) is 3. The summed E-state index contributed by atoms with van der Waals surface area (Å²) in [5, 5.41) is 0. The minimum absolute atomic E-state index is 0.0456. The second-order valence-electron chi connectivity index (χ2n) is 9.04. The molecule has 0 radical (unpaired) electrons. The summed E-state index contributed by atoms with van der Waals surface area (Å²) in [6.45, 7) is 3.49. The van der Waals surface area contributed by atoms with Crippen molar-refractivity contribution in [2.24, 2.45) is 0 Å². The molecule has 0 spiro atoms. The van der Waals surface area contributed by atoms with Gasteiger partial charge in [-0.3, -0.25) is 4.79 Å². The van der Waals surface area contributed by atoms with E-state index in [0.29, 0.717) is 13.0 Å². The highest BCUT2D eigenvalue weighted by Crippen LogP contribution is 2.32. The number of carbonyl (C=O) groups is 1. The Balaban J connectivity index is 1.67. The Kier molecular flexibility index (Phi) is 7.32. The van der Waals surface area contributed by atoms with E-state index in [4.69, 9.17) is 0 Å². The quantitative estimate of drug-likeness (QED) is 0.584. The van der Waals surface area contributed by atoms with Crippen LogP contribution in [0.25, 0.3) is 0 Å².